The zero-order valence-electron chi connectivity index (χ0n) is 68.9. The lowest BCUT2D eigenvalue weighted by atomic mass is 9.88. The van der Waals surface area contributed by atoms with Crippen LogP contribution in [0.4, 0.5) is 57.0 Å². The molecular weight excluding hydrogens is 1530 g/mol. The van der Waals surface area contributed by atoms with E-state index < -0.39 is 0 Å². The van der Waals surface area contributed by atoms with Gasteiger partial charge in [0, 0.05) is 151 Å². The maximum Gasteiger partial charge on any atom is 0.185 e. The molecule has 13 aromatic carbocycles. The molecule has 6 heterocycles. The number of carbonyl (C=O) groups is 7. The molecule has 122 heavy (non-hydrogen) atoms. The number of rotatable bonds is 19. The Morgan fingerprint density at radius 2 is 0.951 bits per heavy atom. The van der Waals surface area contributed by atoms with Crippen molar-refractivity contribution in [3.63, 3.8) is 0 Å². The summed E-state index contributed by atoms with van der Waals surface area (Å²) in [5.74, 6) is 2.43. The quantitative estimate of drug-likeness (QED) is 0.0429. The Bertz CT molecular complexity index is 6110. The highest BCUT2D eigenvalue weighted by atomic mass is 32.2. The third-order valence-corrected chi connectivity index (χ3v) is 25.2. The van der Waals surface area contributed by atoms with Crippen LogP contribution in [0.3, 0.4) is 0 Å². The first kappa shape index (κ1) is 82.0. The smallest absolute Gasteiger partial charge is 0.185 e. The van der Waals surface area contributed by atoms with Gasteiger partial charge in [0.15, 0.2) is 11.6 Å². The largest absolute Gasteiger partial charge is 0.340 e. The second kappa shape index (κ2) is 37.7. The predicted molar refractivity (Wildman–Crippen MR) is 495 cm³/mol. The number of nitrogens with zero attached hydrogens (tertiary/aromatic N) is 6. The standard InChI is InChI=1S/C26H21NO.C22H17NO2.C22H19NOS.C21H23NO2.C17H16N2O/c1-18-26(21-8-3-2-4-9-21)24-15-19(17-28)11-14-25(24)27(18)23-13-12-20-7-5-6-10-22(20)16-23;24-15-16-11-12-20-18(13-16)14-21(22(25)17-7-3-1-4-8-17)23(20)19-9-5-2-6-10-19;1-25-19-10-8-18(9-11-19)23-14-21(17-5-3-2-4-6-17)20-13-16(15-24)7-12-22(20)23;1-3-4-8-21(24)20-13-17-12-16(14-23)9-10-19(17)22(20)18-7-5-6-15(2)11-18;20-11-12-7-8-16-14(10-12)13-4-3-5-15(13)19(16)17-6-1-2-9-18-17/h2-18,26H,1H3;1-13,15,21H,14H2;2-13,15,21H,14H2,1H3;5-7,9-12,14,20H,3-4,8,13H2,1-2H3;1-2,6-11,13,15H,3-5H2. The number of aromatic nitrogens is 1. The minimum absolute atomic E-state index is 0.0910. The summed E-state index contributed by atoms with van der Waals surface area (Å²) in [7, 11) is 0. The van der Waals surface area contributed by atoms with Gasteiger partial charge in [-0.3, -0.25) is 33.6 Å². The summed E-state index contributed by atoms with van der Waals surface area (Å²) in [6.07, 6.45) is 15.9. The minimum Gasteiger partial charge on any atom is -0.340 e. The number of Topliss-reactive ketones (excluding diaryl/α,β-unsaturated/α-hetero) is 2. The zero-order chi connectivity index (χ0) is 84.2. The fraction of sp³-hybridized carbons (Fsp3) is 0.185. The molecule has 14 heteroatoms. The number of hydrogen-bond donors (Lipinski definition) is 0. The van der Waals surface area contributed by atoms with Gasteiger partial charge < -0.3 is 24.5 Å². The van der Waals surface area contributed by atoms with Crippen LogP contribution in [0.2, 0.25) is 0 Å². The maximum atomic E-state index is 13.1. The topological polar surface area (TPSA) is 149 Å². The van der Waals surface area contributed by atoms with E-state index in [9.17, 15) is 33.6 Å². The highest BCUT2D eigenvalue weighted by molar-refractivity contribution is 7.98. The molecule has 6 aliphatic rings. The van der Waals surface area contributed by atoms with Crippen molar-refractivity contribution >= 4 is 123 Å². The summed E-state index contributed by atoms with van der Waals surface area (Å²) in [5, 5.41) is 2.48. The number of carbonyl (C=O) groups excluding carboxylic acids is 7. The molecule has 606 valence electrons. The molecule has 0 N–H and O–H groups in total. The van der Waals surface area contributed by atoms with E-state index >= 15 is 0 Å². The average Bonchev–Trinajstić information content (AvgIpc) is 1.63. The lowest BCUT2D eigenvalue weighted by Gasteiger charge is -2.28. The molecule has 20 rings (SSSR count). The molecule has 1 saturated carbocycles. The first-order valence-electron chi connectivity index (χ1n) is 42.1. The summed E-state index contributed by atoms with van der Waals surface area (Å²) in [5.41, 5.74) is 23.9. The third kappa shape index (κ3) is 17.3. The van der Waals surface area contributed by atoms with E-state index in [1.165, 1.54) is 96.7 Å². The van der Waals surface area contributed by atoms with Gasteiger partial charge in [0.2, 0.25) is 0 Å². The molecule has 0 spiro atoms. The fourth-order valence-electron chi connectivity index (χ4n) is 18.7. The van der Waals surface area contributed by atoms with Gasteiger partial charge in [-0.1, -0.05) is 177 Å². The van der Waals surface area contributed by atoms with Crippen LogP contribution in [0.15, 0.2) is 333 Å². The molecule has 14 aromatic rings. The van der Waals surface area contributed by atoms with Crippen LogP contribution in [0, 0.1) is 6.92 Å². The van der Waals surface area contributed by atoms with E-state index in [0.29, 0.717) is 47.9 Å². The Balaban J connectivity index is 0.000000114. The van der Waals surface area contributed by atoms with Crippen molar-refractivity contribution in [1.29, 1.82) is 0 Å². The van der Waals surface area contributed by atoms with Crippen LogP contribution >= 0.6 is 11.8 Å². The third-order valence-electron chi connectivity index (χ3n) is 24.5. The van der Waals surface area contributed by atoms with Crippen LogP contribution < -0.4 is 24.5 Å². The molecule has 5 aliphatic heterocycles. The Kier molecular flexibility index (Phi) is 25.4. The lowest BCUT2D eigenvalue weighted by Crippen LogP contribution is -2.35. The maximum absolute atomic E-state index is 13.1. The van der Waals surface area contributed by atoms with Gasteiger partial charge >= 0.3 is 0 Å². The normalized spacial score (nSPS) is 17.7. The predicted octanol–water partition coefficient (Wildman–Crippen LogP) is 24.6. The lowest BCUT2D eigenvalue weighted by molar-refractivity contribution is -0.120. The van der Waals surface area contributed by atoms with E-state index in [2.05, 4.69) is 226 Å². The number of hydrogen-bond acceptors (Lipinski definition) is 14. The van der Waals surface area contributed by atoms with E-state index in [0.717, 1.165) is 107 Å². The Hall–Kier alpha value is -13.7. The van der Waals surface area contributed by atoms with Gasteiger partial charge in [-0.15, -0.1) is 11.8 Å². The molecule has 7 atom stereocenters. The SMILES string of the molecule is CC1C(c2ccccc2)c2cc(C=O)ccc2N1c1ccc2ccccc2c1.CCCCC(=O)C1Cc2cc(C=O)ccc2N1c1cccc(C)c1.CSc1ccc(N2CC(c3ccccc3)c3cc(C=O)ccc32)cc1.O=Cc1ccc2c(c1)C1CCCC1N2c1ccccn1.O=Cc1ccc2c(c1)CC(C(=O)c1ccccc1)N2c1ccccc1. The van der Waals surface area contributed by atoms with Crippen LogP contribution in [0.5, 0.6) is 0 Å². The molecular formula is C108H96N6O7S. The molecule has 7 unspecified atom stereocenters. The van der Waals surface area contributed by atoms with Gasteiger partial charge in [-0.2, -0.15) is 0 Å². The summed E-state index contributed by atoms with van der Waals surface area (Å²) in [6.45, 7) is 7.32. The molecule has 13 nitrogen and oxygen atoms in total. The second-order valence-corrected chi connectivity index (χ2v) is 32.8. The molecule has 1 aromatic heterocycles. The van der Waals surface area contributed by atoms with Gasteiger partial charge in [0.25, 0.3) is 0 Å². The van der Waals surface area contributed by atoms with Crippen LogP contribution in [-0.4, -0.2) is 84.9 Å². The van der Waals surface area contributed by atoms with Crippen molar-refractivity contribution < 1.29 is 33.6 Å². The summed E-state index contributed by atoms with van der Waals surface area (Å²) >= 11 is 1.75. The molecule has 0 saturated heterocycles. The van der Waals surface area contributed by atoms with E-state index in [1.807, 2.05) is 152 Å². The number of anilines is 10. The Morgan fingerprint density at radius 1 is 0.434 bits per heavy atom. The molecule has 0 bridgehead atoms. The number of fused-ring (bicyclic) bond motifs is 8. The zero-order valence-corrected chi connectivity index (χ0v) is 69.7. The van der Waals surface area contributed by atoms with E-state index in [1.54, 1.807) is 17.8 Å². The van der Waals surface area contributed by atoms with Gasteiger partial charge in [0.1, 0.15) is 43.3 Å². The summed E-state index contributed by atoms with van der Waals surface area (Å²) < 4.78 is 0. The summed E-state index contributed by atoms with van der Waals surface area (Å²) in [4.78, 5) is 99.0. The van der Waals surface area contributed by atoms with Gasteiger partial charge in [-0.25, -0.2) is 4.98 Å². The number of benzene rings is 13. The second-order valence-electron chi connectivity index (χ2n) is 31.9. The number of aldehydes is 5. The van der Waals surface area contributed by atoms with Crippen molar-refractivity contribution in [3.8, 4) is 0 Å². The van der Waals surface area contributed by atoms with Gasteiger partial charge in [-0.05, 0) is 258 Å². The van der Waals surface area contributed by atoms with Crippen molar-refractivity contribution in [2.45, 2.75) is 119 Å². The van der Waals surface area contributed by atoms with Crippen LogP contribution in [0.1, 0.15) is 177 Å². The van der Waals surface area contributed by atoms with E-state index in [4.69, 9.17) is 0 Å². The van der Waals surface area contributed by atoms with Crippen LogP contribution in [-0.2, 0) is 17.6 Å². The number of thioether (sulfide) groups is 1. The highest BCUT2D eigenvalue weighted by Gasteiger charge is 2.44. The monoisotopic (exact) mass is 1620 g/mol. The van der Waals surface area contributed by atoms with Crippen molar-refractivity contribution in [2.75, 3.05) is 37.3 Å². The number of aryl methyl sites for hydroxylation is 1. The minimum atomic E-state index is -0.304. The van der Waals surface area contributed by atoms with Crippen LogP contribution in [0.25, 0.3) is 10.8 Å². The molecule has 1 aliphatic carbocycles. The van der Waals surface area contributed by atoms with Crippen molar-refractivity contribution in [2.24, 2.45) is 0 Å². The number of pyridine rings is 1. The Morgan fingerprint density at radius 3 is 1.56 bits per heavy atom. The molecule has 0 radical (unpaired) electrons. The van der Waals surface area contributed by atoms with Crippen molar-refractivity contribution in [3.05, 3.63) is 406 Å². The molecule has 0 amide bonds. The highest BCUT2D eigenvalue weighted by Crippen LogP contribution is 2.53. The number of para-hydroxylation sites is 1. The summed E-state index contributed by atoms with van der Waals surface area (Å²) in [6, 6.07) is 108. The van der Waals surface area contributed by atoms with Crippen molar-refractivity contribution in [1.82, 2.24) is 4.98 Å². The first-order chi connectivity index (χ1) is 59.8. The first-order valence-corrected chi connectivity index (χ1v) is 43.3. The van der Waals surface area contributed by atoms with E-state index in [-0.39, 0.29) is 41.5 Å². The number of ketones is 2. The average molecular weight is 1620 g/mol. The van der Waals surface area contributed by atoms with Gasteiger partial charge in [0.05, 0.1) is 6.04 Å². The molecule has 1 fully saturated rings. The number of unbranched alkanes of at least 4 members (excludes halogenated alkanes) is 1. The fourth-order valence-corrected chi connectivity index (χ4v) is 19.1. The Labute approximate surface area is 718 Å².